The average Bonchev–Trinajstić information content (AvgIpc) is 3.14. The van der Waals surface area contributed by atoms with Crippen molar-refractivity contribution in [3.05, 3.63) is 63.9 Å². The van der Waals surface area contributed by atoms with E-state index in [1.165, 1.54) is 30.2 Å². The zero-order valence-electron chi connectivity index (χ0n) is 17.0. The Kier molecular flexibility index (Phi) is 7.45. The SMILES string of the molecule is O=C(Cn1c(-c2ccc(Cl)cc2)n[nH]c1=S)Nc1ccc(CCN2CCSCC2)cc1. The third-order valence-electron chi connectivity index (χ3n) is 5.22. The summed E-state index contributed by atoms with van der Waals surface area (Å²) in [6, 6.07) is 15.3. The molecule has 0 aliphatic carbocycles. The highest BCUT2D eigenvalue weighted by molar-refractivity contribution is 7.99. The number of aromatic amines is 1. The minimum atomic E-state index is -0.161. The minimum Gasteiger partial charge on any atom is -0.325 e. The van der Waals surface area contributed by atoms with Crippen LogP contribution in [0.5, 0.6) is 0 Å². The van der Waals surface area contributed by atoms with E-state index >= 15 is 0 Å². The summed E-state index contributed by atoms with van der Waals surface area (Å²) in [5.41, 5.74) is 2.88. The van der Waals surface area contributed by atoms with Crippen LogP contribution in [0, 0.1) is 4.77 Å². The molecular weight excluding hydrogens is 450 g/mol. The molecule has 3 aromatic rings. The van der Waals surface area contributed by atoms with Gasteiger partial charge in [0.2, 0.25) is 5.91 Å². The van der Waals surface area contributed by atoms with E-state index in [-0.39, 0.29) is 12.5 Å². The molecule has 0 radical (unpaired) electrons. The molecule has 0 spiro atoms. The minimum absolute atomic E-state index is 0.0714. The Morgan fingerprint density at radius 2 is 1.84 bits per heavy atom. The van der Waals surface area contributed by atoms with E-state index in [1.807, 2.05) is 36.0 Å². The van der Waals surface area contributed by atoms with Crippen molar-refractivity contribution in [1.82, 2.24) is 19.7 Å². The molecule has 2 heterocycles. The molecule has 9 heteroatoms. The molecule has 1 aromatic heterocycles. The van der Waals surface area contributed by atoms with Crippen LogP contribution >= 0.6 is 35.6 Å². The second-order valence-electron chi connectivity index (χ2n) is 7.39. The Bertz CT molecular complexity index is 1070. The van der Waals surface area contributed by atoms with Crippen LogP contribution in [0.4, 0.5) is 5.69 Å². The van der Waals surface area contributed by atoms with Gasteiger partial charge < -0.3 is 10.2 Å². The Morgan fingerprint density at radius 1 is 1.13 bits per heavy atom. The number of H-pyrrole nitrogens is 1. The third kappa shape index (κ3) is 5.98. The van der Waals surface area contributed by atoms with Gasteiger partial charge >= 0.3 is 0 Å². The first-order valence-corrected chi connectivity index (χ1v) is 12.1. The van der Waals surface area contributed by atoms with E-state index in [1.54, 1.807) is 16.7 Å². The van der Waals surface area contributed by atoms with E-state index in [2.05, 4.69) is 32.5 Å². The molecule has 2 N–H and O–H groups in total. The van der Waals surface area contributed by atoms with Crippen LogP contribution in [0.3, 0.4) is 0 Å². The summed E-state index contributed by atoms with van der Waals surface area (Å²) in [5, 5.41) is 10.6. The molecule has 0 bridgehead atoms. The number of halogens is 1. The third-order valence-corrected chi connectivity index (χ3v) is 6.73. The number of hydrogen-bond acceptors (Lipinski definition) is 5. The Labute approximate surface area is 196 Å². The second-order valence-corrected chi connectivity index (χ2v) is 9.44. The van der Waals surface area contributed by atoms with E-state index < -0.39 is 0 Å². The van der Waals surface area contributed by atoms with E-state index in [0.717, 1.165) is 24.2 Å². The van der Waals surface area contributed by atoms with Crippen molar-refractivity contribution in [3.63, 3.8) is 0 Å². The zero-order valence-corrected chi connectivity index (χ0v) is 19.4. The maximum atomic E-state index is 12.6. The molecule has 1 aliphatic rings. The molecule has 4 rings (SSSR count). The van der Waals surface area contributed by atoms with E-state index in [9.17, 15) is 4.79 Å². The smallest absolute Gasteiger partial charge is 0.244 e. The number of anilines is 1. The molecule has 0 atom stereocenters. The van der Waals surface area contributed by atoms with Gasteiger partial charge in [-0.3, -0.25) is 14.5 Å². The van der Waals surface area contributed by atoms with Crippen LogP contribution in [-0.2, 0) is 17.8 Å². The van der Waals surface area contributed by atoms with Crippen LogP contribution in [0.1, 0.15) is 5.56 Å². The van der Waals surface area contributed by atoms with Gasteiger partial charge in [-0.25, -0.2) is 0 Å². The largest absolute Gasteiger partial charge is 0.325 e. The highest BCUT2D eigenvalue weighted by atomic mass is 35.5. The van der Waals surface area contributed by atoms with Gasteiger partial charge in [0.25, 0.3) is 0 Å². The Morgan fingerprint density at radius 3 is 2.55 bits per heavy atom. The van der Waals surface area contributed by atoms with E-state index in [4.69, 9.17) is 23.8 Å². The highest BCUT2D eigenvalue weighted by Gasteiger charge is 2.13. The number of nitrogens with zero attached hydrogens (tertiary/aromatic N) is 3. The number of nitrogens with one attached hydrogen (secondary N) is 2. The summed E-state index contributed by atoms with van der Waals surface area (Å²) in [4.78, 5) is 15.2. The quantitative estimate of drug-likeness (QED) is 0.495. The van der Waals surface area contributed by atoms with Crippen LogP contribution in [-0.4, -0.2) is 56.7 Å². The van der Waals surface area contributed by atoms with Crippen LogP contribution < -0.4 is 5.32 Å². The van der Waals surface area contributed by atoms with Crippen molar-refractivity contribution >= 4 is 47.2 Å². The summed E-state index contributed by atoms with van der Waals surface area (Å²) >= 11 is 13.3. The summed E-state index contributed by atoms with van der Waals surface area (Å²) < 4.78 is 2.07. The summed E-state index contributed by atoms with van der Waals surface area (Å²) in [6.45, 7) is 3.50. The fourth-order valence-electron chi connectivity index (χ4n) is 3.49. The lowest BCUT2D eigenvalue weighted by Crippen LogP contribution is -2.34. The molecule has 6 nitrogen and oxygen atoms in total. The fourth-order valence-corrected chi connectivity index (χ4v) is 4.80. The lowest BCUT2D eigenvalue weighted by atomic mass is 10.1. The number of rotatable bonds is 7. The van der Waals surface area contributed by atoms with Gasteiger partial charge in [0, 0.05) is 47.4 Å². The van der Waals surface area contributed by atoms with Crippen molar-refractivity contribution in [2.24, 2.45) is 0 Å². The molecular formula is C22H24ClN5OS2. The van der Waals surface area contributed by atoms with Crippen molar-refractivity contribution in [2.75, 3.05) is 36.5 Å². The molecule has 31 heavy (non-hydrogen) atoms. The van der Waals surface area contributed by atoms with Gasteiger partial charge in [-0.2, -0.15) is 16.9 Å². The van der Waals surface area contributed by atoms with Gasteiger partial charge in [-0.15, -0.1) is 0 Å². The van der Waals surface area contributed by atoms with Gasteiger partial charge in [-0.05, 0) is 60.6 Å². The van der Waals surface area contributed by atoms with Crippen molar-refractivity contribution in [1.29, 1.82) is 0 Å². The molecule has 1 aliphatic heterocycles. The number of thioether (sulfide) groups is 1. The topological polar surface area (TPSA) is 66.0 Å². The Balaban J connectivity index is 1.35. The number of benzene rings is 2. The standard InChI is InChI=1S/C22H24ClN5OS2/c23-18-5-3-17(4-6-18)21-25-26-22(30)28(21)15-20(29)24-19-7-1-16(2-8-19)9-10-27-11-13-31-14-12-27/h1-8H,9-15H2,(H,24,29)(H,26,30). The number of hydrogen-bond donors (Lipinski definition) is 2. The molecule has 0 saturated carbocycles. The van der Waals surface area contributed by atoms with Gasteiger partial charge in [0.15, 0.2) is 10.6 Å². The highest BCUT2D eigenvalue weighted by Crippen LogP contribution is 2.20. The zero-order chi connectivity index (χ0) is 21.6. The first-order valence-electron chi connectivity index (χ1n) is 10.2. The van der Waals surface area contributed by atoms with Gasteiger partial charge in [-0.1, -0.05) is 23.7 Å². The van der Waals surface area contributed by atoms with Crippen LogP contribution in [0.25, 0.3) is 11.4 Å². The number of aromatic nitrogens is 3. The second kappa shape index (κ2) is 10.5. The summed E-state index contributed by atoms with van der Waals surface area (Å²) in [5.74, 6) is 2.89. The molecule has 1 fully saturated rings. The van der Waals surface area contributed by atoms with Crippen molar-refractivity contribution < 1.29 is 4.79 Å². The lowest BCUT2D eigenvalue weighted by Gasteiger charge is -2.26. The van der Waals surface area contributed by atoms with Gasteiger partial charge in [0.05, 0.1) is 0 Å². The van der Waals surface area contributed by atoms with Gasteiger partial charge in [0.1, 0.15) is 6.54 Å². The molecule has 2 aromatic carbocycles. The van der Waals surface area contributed by atoms with Crippen LogP contribution in [0.15, 0.2) is 48.5 Å². The van der Waals surface area contributed by atoms with Crippen molar-refractivity contribution in [3.8, 4) is 11.4 Å². The monoisotopic (exact) mass is 473 g/mol. The maximum Gasteiger partial charge on any atom is 0.244 e. The lowest BCUT2D eigenvalue weighted by molar-refractivity contribution is -0.116. The number of carbonyl (C=O) groups excluding carboxylic acids is 1. The van der Waals surface area contributed by atoms with E-state index in [0.29, 0.717) is 15.6 Å². The summed E-state index contributed by atoms with van der Waals surface area (Å²) in [6.07, 6.45) is 1.02. The first kappa shape index (κ1) is 22.1. The normalized spacial score (nSPS) is 14.5. The predicted molar refractivity (Wildman–Crippen MR) is 130 cm³/mol. The molecule has 1 amide bonds. The first-order chi connectivity index (χ1) is 15.1. The Hall–Kier alpha value is -2.13. The molecule has 162 valence electrons. The predicted octanol–water partition coefficient (Wildman–Crippen LogP) is 4.49. The molecule has 0 unspecified atom stereocenters. The maximum absolute atomic E-state index is 12.6. The molecule has 1 saturated heterocycles. The summed E-state index contributed by atoms with van der Waals surface area (Å²) in [7, 11) is 0. The number of carbonyl (C=O) groups is 1. The van der Waals surface area contributed by atoms with Crippen molar-refractivity contribution in [2.45, 2.75) is 13.0 Å². The number of amides is 1. The van der Waals surface area contributed by atoms with Crippen LogP contribution in [0.2, 0.25) is 5.02 Å². The fraction of sp³-hybridized carbons (Fsp3) is 0.318. The average molecular weight is 474 g/mol.